The van der Waals surface area contributed by atoms with Crippen LogP contribution in [0.4, 0.5) is 5.69 Å². The molecule has 1 aromatic carbocycles. The Morgan fingerprint density at radius 2 is 1.76 bits per heavy atom. The summed E-state index contributed by atoms with van der Waals surface area (Å²) in [6.07, 6.45) is 3.49. The maximum absolute atomic E-state index is 11.3. The highest BCUT2D eigenvalue weighted by Gasteiger charge is 2.04. The number of para-hydroxylation sites is 1. The Morgan fingerprint density at radius 3 is 2.29 bits per heavy atom. The molecule has 0 aliphatic heterocycles. The van der Waals surface area contributed by atoms with Crippen molar-refractivity contribution in [3.05, 3.63) is 42.1 Å². The fraction of sp³-hybridized carbons (Fsp3) is 0.312. The first-order valence-corrected chi connectivity index (χ1v) is 6.68. The smallest absolute Gasteiger partial charge is 0.223 e. The number of amides is 1. The van der Waals surface area contributed by atoms with Gasteiger partial charge < -0.3 is 4.90 Å². The lowest BCUT2D eigenvalue weighted by molar-refractivity contribution is -0.125. The zero-order valence-electron chi connectivity index (χ0n) is 13.2. The van der Waals surface area contributed by atoms with E-state index < -0.39 is 0 Å². The van der Waals surface area contributed by atoms with Crippen molar-refractivity contribution >= 4 is 23.5 Å². The number of benzene rings is 1. The first kappa shape index (κ1) is 16.6. The van der Waals surface area contributed by atoms with E-state index >= 15 is 0 Å². The summed E-state index contributed by atoms with van der Waals surface area (Å²) >= 11 is 0. The predicted molar refractivity (Wildman–Crippen MR) is 88.9 cm³/mol. The summed E-state index contributed by atoms with van der Waals surface area (Å²) in [6.45, 7) is 3.39. The van der Waals surface area contributed by atoms with Gasteiger partial charge in [-0.15, -0.1) is 0 Å². The summed E-state index contributed by atoms with van der Waals surface area (Å²) in [4.78, 5) is 17.0. The fourth-order valence-electron chi connectivity index (χ4n) is 1.57. The second-order valence-corrected chi connectivity index (χ2v) is 4.62. The van der Waals surface area contributed by atoms with Crippen LogP contribution in [0.5, 0.6) is 0 Å². The topological polar surface area (TPSA) is 48.3 Å². The lowest BCUT2D eigenvalue weighted by atomic mass is 10.3. The van der Waals surface area contributed by atoms with Crippen molar-refractivity contribution in [1.82, 2.24) is 4.90 Å². The van der Waals surface area contributed by atoms with Gasteiger partial charge in [0.15, 0.2) is 0 Å². The average molecular weight is 286 g/mol. The molecule has 0 heterocycles. The number of carbonyl (C=O) groups is 1. The number of hydrogen-bond donors (Lipinski definition) is 0. The monoisotopic (exact) mass is 286 g/mol. The molecule has 5 heteroatoms. The normalized spacial score (nSPS) is 12.6. The van der Waals surface area contributed by atoms with E-state index in [1.807, 2.05) is 50.4 Å². The molecule has 5 nitrogen and oxygen atoms in total. The summed E-state index contributed by atoms with van der Waals surface area (Å²) in [5, 5.41) is 6.12. The summed E-state index contributed by atoms with van der Waals surface area (Å²) < 4.78 is 0. The third kappa shape index (κ3) is 5.22. The zero-order chi connectivity index (χ0) is 15.8. The Balaban J connectivity index is 2.82. The van der Waals surface area contributed by atoms with Crippen LogP contribution in [-0.4, -0.2) is 43.9 Å². The van der Waals surface area contributed by atoms with Crippen LogP contribution in [0, 0.1) is 0 Å². The van der Waals surface area contributed by atoms with Crippen molar-refractivity contribution in [3.63, 3.8) is 0 Å². The first-order valence-electron chi connectivity index (χ1n) is 6.68. The van der Waals surface area contributed by atoms with Gasteiger partial charge in [0, 0.05) is 33.8 Å². The molecule has 0 aliphatic carbocycles. The highest BCUT2D eigenvalue weighted by molar-refractivity contribution is 6.36. The van der Waals surface area contributed by atoms with Gasteiger partial charge in [0.25, 0.3) is 0 Å². The number of allylic oxidation sites excluding steroid dienone is 2. The number of hydrazone groups is 1. The minimum Gasteiger partial charge on any atom is -0.320 e. The number of hydrogen-bond acceptors (Lipinski definition) is 4. The molecule has 0 spiro atoms. The SMILES string of the molecule is CN=C(/C=C(/C)N(C)C(C)=O)/C=N/N(C)c1ccccc1. The number of carbonyl (C=O) groups excluding carboxylic acids is 1. The molecule has 1 amide bonds. The van der Waals surface area contributed by atoms with Crippen LogP contribution in [0.1, 0.15) is 13.8 Å². The van der Waals surface area contributed by atoms with Crippen LogP contribution in [0.25, 0.3) is 0 Å². The largest absolute Gasteiger partial charge is 0.320 e. The molecular weight excluding hydrogens is 264 g/mol. The van der Waals surface area contributed by atoms with Crippen LogP contribution >= 0.6 is 0 Å². The number of rotatable bonds is 5. The maximum atomic E-state index is 11.3. The van der Waals surface area contributed by atoms with E-state index in [1.54, 1.807) is 30.2 Å². The van der Waals surface area contributed by atoms with E-state index in [2.05, 4.69) is 10.1 Å². The van der Waals surface area contributed by atoms with Gasteiger partial charge in [-0.05, 0) is 25.1 Å². The first-order chi connectivity index (χ1) is 9.95. The van der Waals surface area contributed by atoms with Gasteiger partial charge in [-0.25, -0.2) is 0 Å². The molecule has 21 heavy (non-hydrogen) atoms. The van der Waals surface area contributed by atoms with Crippen molar-refractivity contribution in [2.45, 2.75) is 13.8 Å². The van der Waals surface area contributed by atoms with Gasteiger partial charge in [0.05, 0.1) is 17.6 Å². The van der Waals surface area contributed by atoms with E-state index in [4.69, 9.17) is 0 Å². The van der Waals surface area contributed by atoms with Gasteiger partial charge in [0.2, 0.25) is 5.91 Å². The molecule has 0 unspecified atom stereocenters. The zero-order valence-corrected chi connectivity index (χ0v) is 13.2. The van der Waals surface area contributed by atoms with E-state index in [0.29, 0.717) is 5.71 Å². The standard InChI is InChI=1S/C16H22N4O/c1-13(19(4)14(2)21)11-15(17-3)12-18-20(5)16-9-7-6-8-10-16/h6-12H,1-5H3/b13-11-,17-15?,18-12+. The third-order valence-electron chi connectivity index (χ3n) is 3.11. The molecule has 1 aromatic rings. The molecule has 1 rings (SSSR count). The van der Waals surface area contributed by atoms with Crippen molar-refractivity contribution in [3.8, 4) is 0 Å². The van der Waals surface area contributed by atoms with Crippen LogP contribution in [-0.2, 0) is 4.79 Å². The van der Waals surface area contributed by atoms with Crippen molar-refractivity contribution in [1.29, 1.82) is 0 Å². The number of anilines is 1. The molecule has 0 bridgehead atoms. The van der Waals surface area contributed by atoms with E-state index in [0.717, 1.165) is 11.4 Å². The predicted octanol–water partition coefficient (Wildman–Crippen LogP) is 2.56. The summed E-state index contributed by atoms with van der Waals surface area (Å²) in [5.74, 6) is -0.0162. The van der Waals surface area contributed by atoms with Crippen molar-refractivity contribution in [2.75, 3.05) is 26.2 Å². The molecule has 0 saturated heterocycles. The van der Waals surface area contributed by atoms with E-state index in [1.165, 1.54) is 6.92 Å². The lowest BCUT2D eigenvalue weighted by Crippen LogP contribution is -2.22. The Bertz CT molecular complexity index is 561. The highest BCUT2D eigenvalue weighted by atomic mass is 16.2. The molecule has 112 valence electrons. The maximum Gasteiger partial charge on any atom is 0.223 e. The van der Waals surface area contributed by atoms with Crippen LogP contribution in [0.15, 0.2) is 52.2 Å². The Kier molecular flexibility index (Phi) is 6.33. The van der Waals surface area contributed by atoms with E-state index in [9.17, 15) is 4.79 Å². The summed E-state index contributed by atoms with van der Waals surface area (Å²) in [7, 11) is 5.30. The Hall–Kier alpha value is -2.43. The minimum absolute atomic E-state index is 0.0162. The van der Waals surface area contributed by atoms with Gasteiger partial charge in [-0.3, -0.25) is 14.8 Å². The third-order valence-corrected chi connectivity index (χ3v) is 3.11. The minimum atomic E-state index is -0.0162. The Morgan fingerprint density at radius 1 is 1.14 bits per heavy atom. The molecule has 0 radical (unpaired) electrons. The quantitative estimate of drug-likeness (QED) is 0.617. The van der Waals surface area contributed by atoms with Gasteiger partial charge in [-0.2, -0.15) is 5.10 Å². The molecular formula is C16H22N4O. The van der Waals surface area contributed by atoms with Crippen molar-refractivity contribution < 1.29 is 4.79 Å². The average Bonchev–Trinajstić information content (AvgIpc) is 2.50. The fourth-order valence-corrected chi connectivity index (χ4v) is 1.57. The lowest BCUT2D eigenvalue weighted by Gasteiger charge is -2.15. The summed E-state index contributed by atoms with van der Waals surface area (Å²) in [5.41, 5.74) is 2.51. The number of nitrogens with zero attached hydrogens (tertiary/aromatic N) is 4. The molecule has 0 saturated carbocycles. The summed E-state index contributed by atoms with van der Waals surface area (Å²) in [6, 6.07) is 9.84. The molecule has 0 fully saturated rings. The Labute approximate surface area is 126 Å². The van der Waals surface area contributed by atoms with E-state index in [-0.39, 0.29) is 5.91 Å². The van der Waals surface area contributed by atoms with Gasteiger partial charge in [0.1, 0.15) is 0 Å². The van der Waals surface area contributed by atoms with Crippen LogP contribution in [0.3, 0.4) is 0 Å². The number of aliphatic imine (C=N–C) groups is 1. The second-order valence-electron chi connectivity index (χ2n) is 4.62. The van der Waals surface area contributed by atoms with Crippen LogP contribution in [0.2, 0.25) is 0 Å². The molecule has 0 atom stereocenters. The molecule has 0 N–H and O–H groups in total. The van der Waals surface area contributed by atoms with Crippen molar-refractivity contribution in [2.24, 2.45) is 10.1 Å². The van der Waals surface area contributed by atoms with Gasteiger partial charge in [-0.1, -0.05) is 18.2 Å². The second kappa shape index (κ2) is 7.99. The van der Waals surface area contributed by atoms with Crippen LogP contribution < -0.4 is 5.01 Å². The van der Waals surface area contributed by atoms with Gasteiger partial charge >= 0.3 is 0 Å². The molecule has 0 aliphatic rings. The highest BCUT2D eigenvalue weighted by Crippen LogP contribution is 2.10. The molecule has 0 aromatic heterocycles.